The van der Waals surface area contributed by atoms with E-state index in [1.54, 1.807) is 6.07 Å². The molecule has 6 nitrogen and oxygen atoms in total. The zero-order valence-electron chi connectivity index (χ0n) is 14.7. The molecule has 6 heteroatoms. The molecule has 1 aliphatic rings. The number of amides is 1. The summed E-state index contributed by atoms with van der Waals surface area (Å²) in [6.07, 6.45) is 3.01. The number of para-hydroxylation sites is 2. The topological polar surface area (TPSA) is 73.6 Å². The second-order valence-electron chi connectivity index (χ2n) is 6.25. The van der Waals surface area contributed by atoms with Crippen molar-refractivity contribution < 1.29 is 18.8 Å². The lowest BCUT2D eigenvalue weighted by Crippen LogP contribution is -2.43. The maximum Gasteiger partial charge on any atom is 0.226 e. The van der Waals surface area contributed by atoms with E-state index in [-0.39, 0.29) is 24.5 Å². The van der Waals surface area contributed by atoms with Crippen molar-refractivity contribution in [3.8, 4) is 11.5 Å². The van der Waals surface area contributed by atoms with Crippen LogP contribution in [0.1, 0.15) is 37.6 Å². The van der Waals surface area contributed by atoms with E-state index >= 15 is 0 Å². The molecule has 1 heterocycles. The summed E-state index contributed by atoms with van der Waals surface area (Å²) in [6.45, 7) is 4.34. The van der Waals surface area contributed by atoms with Gasteiger partial charge in [-0.05, 0) is 45.2 Å². The van der Waals surface area contributed by atoms with Crippen molar-refractivity contribution in [1.29, 1.82) is 0 Å². The molecule has 1 fully saturated rings. The van der Waals surface area contributed by atoms with Gasteiger partial charge in [0.15, 0.2) is 11.5 Å². The van der Waals surface area contributed by atoms with Crippen LogP contribution < -0.4 is 14.8 Å². The molecular formula is C19H24N2O4. The molecule has 0 unspecified atom stereocenters. The van der Waals surface area contributed by atoms with Crippen LogP contribution >= 0.6 is 0 Å². The summed E-state index contributed by atoms with van der Waals surface area (Å²) >= 11 is 0. The van der Waals surface area contributed by atoms with E-state index in [1.165, 1.54) is 0 Å². The molecule has 134 valence electrons. The monoisotopic (exact) mass is 344 g/mol. The molecule has 2 atom stereocenters. The Labute approximate surface area is 147 Å². The minimum absolute atomic E-state index is 0.00446. The van der Waals surface area contributed by atoms with Gasteiger partial charge in [-0.15, -0.1) is 0 Å². The average Bonchev–Trinajstić information content (AvgIpc) is 3.19. The number of benzene rings is 1. The van der Waals surface area contributed by atoms with E-state index in [9.17, 15) is 4.79 Å². The number of ether oxygens (including phenoxy) is 2. The summed E-state index contributed by atoms with van der Waals surface area (Å²) in [5, 5.41) is 6.94. The van der Waals surface area contributed by atoms with Crippen molar-refractivity contribution in [3.05, 3.63) is 41.8 Å². The molecule has 2 aromatic rings. The summed E-state index contributed by atoms with van der Waals surface area (Å²) in [7, 11) is 0. The first-order valence-electron chi connectivity index (χ1n) is 8.75. The Kier molecular flexibility index (Phi) is 5.58. The molecule has 3 rings (SSSR count). The van der Waals surface area contributed by atoms with Crippen LogP contribution in [-0.4, -0.2) is 29.8 Å². The number of aryl methyl sites for hydroxylation is 1. The summed E-state index contributed by atoms with van der Waals surface area (Å²) in [4.78, 5) is 12.3. The highest BCUT2D eigenvalue weighted by Gasteiger charge is 2.31. The standard InChI is InChI=1S/C19H24N2O4/c1-3-23-17-8-4-5-9-18(17)24-16-10-6-7-15(16)20-19(22)12-14-11-13(2)25-21-14/h4-5,8-9,11,15-16H,3,6-7,10,12H2,1-2H3,(H,20,22)/t15-,16-/m1/s1. The average molecular weight is 344 g/mol. The van der Waals surface area contributed by atoms with Gasteiger partial charge >= 0.3 is 0 Å². The van der Waals surface area contributed by atoms with Gasteiger partial charge in [-0.3, -0.25) is 4.79 Å². The van der Waals surface area contributed by atoms with Crippen LogP contribution in [-0.2, 0) is 11.2 Å². The smallest absolute Gasteiger partial charge is 0.226 e. The van der Waals surface area contributed by atoms with Gasteiger partial charge in [0.2, 0.25) is 5.91 Å². The van der Waals surface area contributed by atoms with Crippen LogP contribution in [0.15, 0.2) is 34.9 Å². The molecule has 0 bridgehead atoms. The fourth-order valence-corrected chi connectivity index (χ4v) is 3.14. The van der Waals surface area contributed by atoms with Crippen LogP contribution in [0.4, 0.5) is 0 Å². The van der Waals surface area contributed by atoms with Gasteiger partial charge in [0.1, 0.15) is 11.9 Å². The van der Waals surface area contributed by atoms with E-state index < -0.39 is 0 Å². The van der Waals surface area contributed by atoms with Crippen LogP contribution in [0.25, 0.3) is 0 Å². The number of aromatic nitrogens is 1. The third kappa shape index (κ3) is 4.53. The number of carbonyl (C=O) groups is 1. The lowest BCUT2D eigenvalue weighted by Gasteiger charge is -2.23. The van der Waals surface area contributed by atoms with E-state index in [2.05, 4.69) is 10.5 Å². The van der Waals surface area contributed by atoms with E-state index in [4.69, 9.17) is 14.0 Å². The lowest BCUT2D eigenvalue weighted by atomic mass is 10.2. The van der Waals surface area contributed by atoms with Gasteiger partial charge in [0, 0.05) is 6.07 Å². The number of rotatable bonds is 7. The fourth-order valence-electron chi connectivity index (χ4n) is 3.14. The highest BCUT2D eigenvalue weighted by molar-refractivity contribution is 5.78. The quantitative estimate of drug-likeness (QED) is 0.836. The highest BCUT2D eigenvalue weighted by atomic mass is 16.5. The van der Waals surface area contributed by atoms with E-state index in [1.807, 2.05) is 38.1 Å². The zero-order chi connectivity index (χ0) is 17.6. The zero-order valence-corrected chi connectivity index (χ0v) is 14.7. The SMILES string of the molecule is CCOc1ccccc1O[C@@H]1CCC[C@H]1NC(=O)Cc1cc(C)on1. The molecule has 0 spiro atoms. The van der Waals surface area contributed by atoms with Gasteiger partial charge in [-0.1, -0.05) is 17.3 Å². The van der Waals surface area contributed by atoms with Crippen molar-refractivity contribution in [3.63, 3.8) is 0 Å². The van der Waals surface area contributed by atoms with Gasteiger partial charge in [0.05, 0.1) is 24.8 Å². The minimum atomic E-state index is -0.0631. The summed E-state index contributed by atoms with van der Waals surface area (Å²) in [6, 6.07) is 9.42. The van der Waals surface area contributed by atoms with E-state index in [0.717, 1.165) is 30.8 Å². The molecule has 1 aliphatic carbocycles. The van der Waals surface area contributed by atoms with Gasteiger partial charge < -0.3 is 19.3 Å². The second-order valence-corrected chi connectivity index (χ2v) is 6.25. The fraction of sp³-hybridized carbons (Fsp3) is 0.474. The predicted molar refractivity (Wildman–Crippen MR) is 92.8 cm³/mol. The first-order valence-corrected chi connectivity index (χ1v) is 8.75. The van der Waals surface area contributed by atoms with E-state index in [0.29, 0.717) is 18.1 Å². The number of nitrogens with one attached hydrogen (secondary N) is 1. The maximum atomic E-state index is 12.3. The molecule has 1 aromatic carbocycles. The van der Waals surface area contributed by atoms with Crippen LogP contribution in [0.3, 0.4) is 0 Å². The Bertz CT molecular complexity index is 713. The van der Waals surface area contributed by atoms with Crippen LogP contribution in [0.5, 0.6) is 11.5 Å². The van der Waals surface area contributed by atoms with Gasteiger partial charge in [-0.25, -0.2) is 0 Å². The van der Waals surface area contributed by atoms with Gasteiger partial charge in [0.25, 0.3) is 0 Å². The third-order valence-electron chi connectivity index (χ3n) is 4.24. The Hall–Kier alpha value is -2.50. The number of nitrogens with zero attached hydrogens (tertiary/aromatic N) is 1. The third-order valence-corrected chi connectivity index (χ3v) is 4.24. The molecule has 1 aromatic heterocycles. The molecule has 1 amide bonds. The first-order chi connectivity index (χ1) is 12.2. The minimum Gasteiger partial charge on any atom is -0.490 e. The van der Waals surface area contributed by atoms with Crippen LogP contribution in [0, 0.1) is 6.92 Å². The summed E-state index contributed by atoms with van der Waals surface area (Å²) in [5.41, 5.74) is 0.646. The molecule has 1 saturated carbocycles. The molecule has 1 N–H and O–H groups in total. The first kappa shape index (κ1) is 17.3. The molecule has 0 aliphatic heterocycles. The molecule has 25 heavy (non-hydrogen) atoms. The van der Waals surface area contributed by atoms with Crippen LogP contribution in [0.2, 0.25) is 0 Å². The Morgan fingerprint density at radius 2 is 2.12 bits per heavy atom. The Morgan fingerprint density at radius 3 is 2.84 bits per heavy atom. The Balaban J connectivity index is 1.60. The largest absolute Gasteiger partial charge is 0.490 e. The van der Waals surface area contributed by atoms with Crippen molar-refractivity contribution in [2.45, 2.75) is 51.7 Å². The lowest BCUT2D eigenvalue weighted by molar-refractivity contribution is -0.121. The number of carbonyl (C=O) groups excluding carboxylic acids is 1. The maximum absolute atomic E-state index is 12.3. The van der Waals surface area contributed by atoms with Gasteiger partial charge in [-0.2, -0.15) is 0 Å². The summed E-state index contributed by atoms with van der Waals surface area (Å²) < 4.78 is 16.8. The predicted octanol–water partition coefficient (Wildman–Crippen LogP) is 3.04. The Morgan fingerprint density at radius 1 is 1.32 bits per heavy atom. The molecule has 0 radical (unpaired) electrons. The van der Waals surface area contributed by atoms with Crippen molar-refractivity contribution in [2.24, 2.45) is 0 Å². The molecular weight excluding hydrogens is 320 g/mol. The summed E-state index contributed by atoms with van der Waals surface area (Å²) in [5.74, 6) is 2.10. The van der Waals surface area contributed by atoms with Crippen molar-refractivity contribution >= 4 is 5.91 Å². The normalized spacial score (nSPS) is 19.6. The number of hydrogen-bond donors (Lipinski definition) is 1. The van der Waals surface area contributed by atoms with Crippen molar-refractivity contribution in [1.82, 2.24) is 10.5 Å². The second kappa shape index (κ2) is 8.05. The van der Waals surface area contributed by atoms with Crippen molar-refractivity contribution in [2.75, 3.05) is 6.61 Å². The number of hydrogen-bond acceptors (Lipinski definition) is 5. The molecule has 0 saturated heterocycles. The highest BCUT2D eigenvalue weighted by Crippen LogP contribution is 2.31.